The predicted molar refractivity (Wildman–Crippen MR) is 167 cm³/mol. The van der Waals surface area contributed by atoms with Gasteiger partial charge in [-0.2, -0.15) is 5.26 Å². The second-order valence-corrected chi connectivity index (χ2v) is 13.2. The number of benzene rings is 1. The number of piperidine rings is 1. The molecule has 1 aromatic heterocycles. The predicted octanol–water partition coefficient (Wildman–Crippen LogP) is 4.64. The van der Waals surface area contributed by atoms with Crippen molar-refractivity contribution in [2.24, 2.45) is 0 Å². The molecule has 1 saturated carbocycles. The highest BCUT2D eigenvalue weighted by molar-refractivity contribution is 6.31. The fourth-order valence-electron chi connectivity index (χ4n) is 6.11. The van der Waals surface area contributed by atoms with Crippen LogP contribution in [0.5, 0.6) is 5.75 Å². The van der Waals surface area contributed by atoms with Gasteiger partial charge >= 0.3 is 6.09 Å². The third-order valence-electron chi connectivity index (χ3n) is 8.53. The van der Waals surface area contributed by atoms with Gasteiger partial charge in [-0.15, -0.1) is 10.2 Å². The first-order valence-corrected chi connectivity index (χ1v) is 15.9. The van der Waals surface area contributed by atoms with Gasteiger partial charge in [0.15, 0.2) is 11.5 Å². The Morgan fingerprint density at radius 2 is 1.66 bits per heavy atom. The Hall–Kier alpha value is -3.62. The number of rotatable bonds is 6. The van der Waals surface area contributed by atoms with Crippen LogP contribution < -0.4 is 15.0 Å². The Balaban J connectivity index is 1.02. The van der Waals surface area contributed by atoms with Gasteiger partial charge in [0.2, 0.25) is 0 Å². The average Bonchev–Trinajstić information content (AvgIpc) is 3.01. The van der Waals surface area contributed by atoms with Crippen LogP contribution >= 0.6 is 11.6 Å². The molecular formula is C32H42ClN7O4. The molecule has 1 N–H and O–H groups in total. The van der Waals surface area contributed by atoms with Crippen molar-refractivity contribution in [2.45, 2.75) is 83.1 Å². The number of hydrogen-bond acceptors (Lipinski definition) is 9. The topological polar surface area (TPSA) is 124 Å². The first-order chi connectivity index (χ1) is 21.1. The maximum atomic E-state index is 12.9. The standard InChI is InChI=1S/C32H42ClN7O4/c1-32(2,3)44-31(42)40-18-16-38(17-19-40)24-12-14-39(15-13-24)29-11-10-28(36-37-29)30(41)35-23-5-8-25(9-6-23)43-26-7-4-22(21-34)27(33)20-26/h4,7,10-11,20,23-25H,5-6,8-9,12-19H2,1-3H3,(H,35,41)/t23-,25-. The molecule has 12 heteroatoms. The molecule has 1 aliphatic carbocycles. The molecule has 5 rings (SSSR count). The highest BCUT2D eigenvalue weighted by atomic mass is 35.5. The molecule has 0 radical (unpaired) electrons. The zero-order valence-electron chi connectivity index (χ0n) is 25.8. The van der Waals surface area contributed by atoms with E-state index in [1.54, 1.807) is 29.2 Å². The largest absolute Gasteiger partial charge is 0.490 e. The lowest BCUT2D eigenvalue weighted by atomic mass is 9.93. The van der Waals surface area contributed by atoms with Gasteiger partial charge in [-0.05, 0) is 83.6 Å². The highest BCUT2D eigenvalue weighted by Gasteiger charge is 2.31. The summed E-state index contributed by atoms with van der Waals surface area (Å²) in [6.45, 7) is 10.5. The minimum Gasteiger partial charge on any atom is -0.490 e. The van der Waals surface area contributed by atoms with E-state index in [1.807, 2.05) is 26.8 Å². The van der Waals surface area contributed by atoms with E-state index in [0.717, 1.165) is 70.5 Å². The normalized spacial score (nSPS) is 21.8. The van der Waals surface area contributed by atoms with E-state index < -0.39 is 5.60 Å². The molecular weight excluding hydrogens is 582 g/mol. The second-order valence-electron chi connectivity index (χ2n) is 12.8. The average molecular weight is 624 g/mol. The van der Waals surface area contributed by atoms with Crippen LogP contribution in [0, 0.1) is 11.3 Å². The number of hydrogen-bond donors (Lipinski definition) is 1. The SMILES string of the molecule is CC(C)(C)OC(=O)N1CCN(C2CCN(c3ccc(C(=O)N[C@H]4CC[C@H](Oc5ccc(C#N)c(Cl)c5)CC4)nn3)CC2)CC1. The maximum absolute atomic E-state index is 12.9. The van der Waals surface area contributed by atoms with Gasteiger partial charge in [-0.1, -0.05) is 11.6 Å². The quantitative estimate of drug-likeness (QED) is 0.490. The molecule has 44 heavy (non-hydrogen) atoms. The Bertz CT molecular complexity index is 1340. The van der Waals surface area contributed by atoms with E-state index in [9.17, 15) is 9.59 Å². The molecule has 2 saturated heterocycles. The van der Waals surface area contributed by atoms with Crippen molar-refractivity contribution < 1.29 is 19.1 Å². The molecule has 3 heterocycles. The number of nitrogens with zero attached hydrogens (tertiary/aromatic N) is 6. The van der Waals surface area contributed by atoms with Crippen LogP contribution in [0.4, 0.5) is 10.6 Å². The zero-order valence-corrected chi connectivity index (χ0v) is 26.6. The summed E-state index contributed by atoms with van der Waals surface area (Å²) < 4.78 is 11.6. The zero-order chi connectivity index (χ0) is 31.3. The lowest BCUT2D eigenvalue weighted by molar-refractivity contribution is 0.00900. The molecule has 236 valence electrons. The Labute approximate surface area is 264 Å². The molecule has 3 aliphatic rings. The molecule has 0 spiro atoms. The van der Waals surface area contributed by atoms with Crippen molar-refractivity contribution >= 4 is 29.4 Å². The molecule has 0 bridgehead atoms. The third-order valence-corrected chi connectivity index (χ3v) is 8.84. The van der Waals surface area contributed by atoms with E-state index in [4.69, 9.17) is 26.3 Å². The molecule has 11 nitrogen and oxygen atoms in total. The minimum absolute atomic E-state index is 0.0391. The summed E-state index contributed by atoms with van der Waals surface area (Å²) in [5.74, 6) is 1.23. The first-order valence-electron chi connectivity index (χ1n) is 15.6. The lowest BCUT2D eigenvalue weighted by Crippen LogP contribution is -2.55. The molecule has 0 atom stereocenters. The van der Waals surface area contributed by atoms with Gasteiger partial charge in [0.1, 0.15) is 17.4 Å². The fraction of sp³-hybridized carbons (Fsp3) is 0.594. The molecule has 0 unspecified atom stereocenters. The summed E-state index contributed by atoms with van der Waals surface area (Å²) >= 11 is 6.12. The van der Waals surface area contributed by atoms with Crippen molar-refractivity contribution in [2.75, 3.05) is 44.2 Å². The van der Waals surface area contributed by atoms with Crippen LogP contribution in [0.3, 0.4) is 0 Å². The minimum atomic E-state index is -0.479. The van der Waals surface area contributed by atoms with Crippen LogP contribution in [-0.2, 0) is 4.74 Å². The Kier molecular flexibility index (Phi) is 10.1. The fourth-order valence-corrected chi connectivity index (χ4v) is 6.32. The third kappa shape index (κ3) is 8.30. The van der Waals surface area contributed by atoms with Crippen LogP contribution in [0.25, 0.3) is 0 Å². The number of amides is 2. The number of carbonyl (C=O) groups excluding carboxylic acids is 2. The van der Waals surface area contributed by atoms with Gasteiger partial charge in [0, 0.05) is 57.4 Å². The van der Waals surface area contributed by atoms with Crippen molar-refractivity contribution in [3.63, 3.8) is 0 Å². The van der Waals surface area contributed by atoms with E-state index in [2.05, 4.69) is 31.4 Å². The number of nitriles is 1. The lowest BCUT2D eigenvalue weighted by Gasteiger charge is -2.43. The van der Waals surface area contributed by atoms with Gasteiger partial charge in [0.05, 0.1) is 16.7 Å². The van der Waals surface area contributed by atoms with Crippen LogP contribution in [0.15, 0.2) is 30.3 Å². The Morgan fingerprint density at radius 3 is 2.25 bits per heavy atom. The number of ether oxygens (including phenoxy) is 2. The number of aromatic nitrogens is 2. The van der Waals surface area contributed by atoms with E-state index in [-0.39, 0.29) is 24.1 Å². The van der Waals surface area contributed by atoms with Crippen LogP contribution in [0.2, 0.25) is 5.02 Å². The van der Waals surface area contributed by atoms with Crippen molar-refractivity contribution in [1.29, 1.82) is 5.26 Å². The van der Waals surface area contributed by atoms with Gasteiger partial charge in [0.25, 0.3) is 5.91 Å². The monoisotopic (exact) mass is 623 g/mol. The summed E-state index contributed by atoms with van der Waals surface area (Å²) in [5, 5.41) is 21.2. The molecule has 2 amide bonds. The van der Waals surface area contributed by atoms with Crippen molar-refractivity contribution in [3.05, 3.63) is 46.6 Å². The molecule has 2 aliphatic heterocycles. The number of carbonyl (C=O) groups is 2. The summed E-state index contributed by atoms with van der Waals surface area (Å²) in [6, 6.07) is 11.3. The van der Waals surface area contributed by atoms with E-state index in [1.165, 1.54) is 0 Å². The van der Waals surface area contributed by atoms with Gasteiger partial charge in [-0.3, -0.25) is 9.69 Å². The highest BCUT2D eigenvalue weighted by Crippen LogP contribution is 2.28. The van der Waals surface area contributed by atoms with Crippen molar-refractivity contribution in [1.82, 2.24) is 25.3 Å². The van der Waals surface area contributed by atoms with E-state index >= 15 is 0 Å². The summed E-state index contributed by atoms with van der Waals surface area (Å²) in [6.07, 6.45) is 5.06. The number of piperazine rings is 1. The first kappa shape index (κ1) is 31.8. The smallest absolute Gasteiger partial charge is 0.410 e. The van der Waals surface area contributed by atoms with E-state index in [0.29, 0.717) is 41.2 Å². The second kappa shape index (κ2) is 14.0. The number of anilines is 1. The maximum Gasteiger partial charge on any atom is 0.410 e. The molecule has 2 aromatic rings. The summed E-state index contributed by atoms with van der Waals surface area (Å²) in [5.41, 5.74) is 0.263. The number of halogens is 1. The molecule has 3 fully saturated rings. The number of nitrogens with one attached hydrogen (secondary N) is 1. The summed E-state index contributed by atoms with van der Waals surface area (Å²) in [7, 11) is 0. The van der Waals surface area contributed by atoms with Crippen molar-refractivity contribution in [3.8, 4) is 11.8 Å². The van der Waals surface area contributed by atoms with Crippen LogP contribution in [-0.4, -0.2) is 95.1 Å². The van der Waals surface area contributed by atoms with Gasteiger partial charge < -0.3 is 24.6 Å². The molecule has 1 aromatic carbocycles. The Morgan fingerprint density at radius 1 is 0.955 bits per heavy atom. The summed E-state index contributed by atoms with van der Waals surface area (Å²) in [4.78, 5) is 31.8. The van der Waals surface area contributed by atoms with Gasteiger partial charge in [-0.25, -0.2) is 4.79 Å². The van der Waals surface area contributed by atoms with Crippen LogP contribution in [0.1, 0.15) is 75.3 Å².